The Morgan fingerprint density at radius 2 is 2.42 bits per heavy atom. The summed E-state index contributed by atoms with van der Waals surface area (Å²) in [5, 5.41) is 3.97. The van der Waals surface area contributed by atoms with Gasteiger partial charge in [0.05, 0.1) is 30.2 Å². The number of nitrogens with one attached hydrogen (secondary N) is 1. The first kappa shape index (κ1) is 13.0. The summed E-state index contributed by atoms with van der Waals surface area (Å²) in [5.41, 5.74) is -0.463. The molecule has 2 atom stereocenters. The molecule has 0 aliphatic carbocycles. The van der Waals surface area contributed by atoms with E-state index in [1.165, 1.54) is 24.6 Å². The van der Waals surface area contributed by atoms with Gasteiger partial charge in [0.25, 0.3) is 0 Å². The number of carbonyl (C=O) groups is 1. The van der Waals surface area contributed by atoms with Crippen LogP contribution in [0.4, 0.5) is 0 Å². The molecule has 1 aromatic rings. The summed E-state index contributed by atoms with van der Waals surface area (Å²) in [6.45, 7) is 1.29. The van der Waals surface area contributed by atoms with E-state index < -0.39 is 21.2 Å². The minimum Gasteiger partial charge on any atom is -0.465 e. The predicted octanol–water partition coefficient (Wildman–Crippen LogP) is -0.185. The van der Waals surface area contributed by atoms with Gasteiger partial charge in [-0.25, -0.2) is 18.2 Å². The van der Waals surface area contributed by atoms with Gasteiger partial charge in [0.15, 0.2) is 9.84 Å². The molecule has 104 valence electrons. The lowest BCUT2D eigenvalue weighted by atomic mass is 9.82. The Labute approximate surface area is 115 Å². The normalized spacial score (nSPS) is 32.2. The average Bonchev–Trinajstić information content (AvgIpc) is 2.99. The molecule has 1 N–H and O–H groups in total. The summed E-state index contributed by atoms with van der Waals surface area (Å²) in [6.07, 6.45) is 1.47. The van der Waals surface area contributed by atoms with E-state index >= 15 is 0 Å². The number of hydrogen-bond donors (Lipinski definition) is 1. The SMILES string of the molecule is COC(=O)c1cnc([C@]23CNC[C@H]2CS(=O)(=O)C3)s1. The van der Waals surface area contributed by atoms with E-state index in [4.69, 9.17) is 0 Å². The van der Waals surface area contributed by atoms with E-state index in [1.807, 2.05) is 0 Å². The number of esters is 1. The molecule has 3 rings (SSSR count). The fourth-order valence-electron chi connectivity index (χ4n) is 2.97. The van der Waals surface area contributed by atoms with Crippen molar-refractivity contribution in [3.8, 4) is 0 Å². The van der Waals surface area contributed by atoms with Gasteiger partial charge in [-0.15, -0.1) is 11.3 Å². The Hall–Kier alpha value is -0.990. The van der Waals surface area contributed by atoms with Crippen LogP contribution in [0.15, 0.2) is 6.20 Å². The summed E-state index contributed by atoms with van der Waals surface area (Å²) in [6, 6.07) is 0. The molecule has 0 spiro atoms. The van der Waals surface area contributed by atoms with Crippen LogP contribution in [-0.4, -0.2) is 51.1 Å². The number of methoxy groups -OCH3 is 1. The predicted molar refractivity (Wildman–Crippen MR) is 70.1 cm³/mol. The zero-order valence-electron chi connectivity index (χ0n) is 10.4. The summed E-state index contributed by atoms with van der Waals surface area (Å²) in [4.78, 5) is 16.2. The third-order valence-corrected chi connectivity index (χ3v) is 6.93. The largest absolute Gasteiger partial charge is 0.465 e. The summed E-state index contributed by atoms with van der Waals surface area (Å²) >= 11 is 1.24. The van der Waals surface area contributed by atoms with Gasteiger partial charge in [-0.1, -0.05) is 0 Å². The van der Waals surface area contributed by atoms with Crippen LogP contribution < -0.4 is 5.32 Å². The molecule has 2 fully saturated rings. The maximum absolute atomic E-state index is 11.9. The number of nitrogens with zero attached hydrogens (tertiary/aromatic N) is 1. The zero-order chi connectivity index (χ0) is 13.7. The van der Waals surface area contributed by atoms with Crippen molar-refractivity contribution in [1.82, 2.24) is 10.3 Å². The van der Waals surface area contributed by atoms with Crippen molar-refractivity contribution >= 4 is 27.1 Å². The first-order valence-corrected chi connectivity index (χ1v) is 8.56. The van der Waals surface area contributed by atoms with E-state index in [0.29, 0.717) is 18.0 Å². The topological polar surface area (TPSA) is 85.4 Å². The minimum atomic E-state index is -3.02. The van der Waals surface area contributed by atoms with Crippen LogP contribution in [0.5, 0.6) is 0 Å². The van der Waals surface area contributed by atoms with Crippen LogP contribution in [0.3, 0.4) is 0 Å². The van der Waals surface area contributed by atoms with Gasteiger partial charge in [-0.3, -0.25) is 0 Å². The number of carbonyl (C=O) groups excluding carboxylic acids is 1. The van der Waals surface area contributed by atoms with Crippen LogP contribution >= 0.6 is 11.3 Å². The van der Waals surface area contributed by atoms with E-state index in [9.17, 15) is 13.2 Å². The lowest BCUT2D eigenvalue weighted by Crippen LogP contribution is -2.35. The highest BCUT2D eigenvalue weighted by atomic mass is 32.2. The standard InChI is InChI=1S/C11H14N2O4S2/c1-17-9(14)8-3-13-10(18-8)11-5-12-2-7(11)4-19(15,16)6-11/h3,7,12H,2,4-6H2,1H3/t7-,11-/m0/s1. The fraction of sp³-hybridized carbons (Fsp3) is 0.636. The fourth-order valence-corrected chi connectivity index (χ4v) is 6.58. The molecule has 19 heavy (non-hydrogen) atoms. The third-order valence-electron chi connectivity index (χ3n) is 3.86. The first-order chi connectivity index (χ1) is 8.97. The smallest absolute Gasteiger partial charge is 0.349 e. The third kappa shape index (κ3) is 1.98. The van der Waals surface area contributed by atoms with Crippen molar-refractivity contribution in [3.05, 3.63) is 16.1 Å². The lowest BCUT2D eigenvalue weighted by Gasteiger charge is -2.23. The van der Waals surface area contributed by atoms with E-state index in [2.05, 4.69) is 15.0 Å². The zero-order valence-corrected chi connectivity index (χ0v) is 12.0. The van der Waals surface area contributed by atoms with Gasteiger partial charge < -0.3 is 10.1 Å². The van der Waals surface area contributed by atoms with Gasteiger partial charge in [0.2, 0.25) is 0 Å². The van der Waals surface area contributed by atoms with Crippen molar-refractivity contribution in [2.75, 3.05) is 31.7 Å². The Morgan fingerprint density at radius 3 is 3.16 bits per heavy atom. The van der Waals surface area contributed by atoms with Crippen LogP contribution in [0.1, 0.15) is 14.7 Å². The minimum absolute atomic E-state index is 0.0501. The van der Waals surface area contributed by atoms with E-state index in [0.717, 1.165) is 5.01 Å². The molecule has 0 aromatic carbocycles. The number of sulfone groups is 1. The first-order valence-electron chi connectivity index (χ1n) is 5.93. The van der Waals surface area contributed by atoms with Gasteiger partial charge in [0, 0.05) is 6.54 Å². The number of ether oxygens (including phenoxy) is 1. The monoisotopic (exact) mass is 302 g/mol. The highest BCUT2D eigenvalue weighted by Gasteiger charge is 2.55. The molecule has 8 heteroatoms. The highest BCUT2D eigenvalue weighted by molar-refractivity contribution is 7.91. The van der Waals surface area contributed by atoms with E-state index in [-0.39, 0.29) is 17.4 Å². The van der Waals surface area contributed by atoms with Crippen LogP contribution in [0, 0.1) is 5.92 Å². The second-order valence-corrected chi connectivity index (χ2v) is 8.20. The second-order valence-electron chi connectivity index (χ2n) is 5.06. The van der Waals surface area contributed by atoms with Gasteiger partial charge in [0.1, 0.15) is 9.88 Å². The van der Waals surface area contributed by atoms with Crippen LogP contribution in [0.2, 0.25) is 0 Å². The quantitative estimate of drug-likeness (QED) is 0.763. The van der Waals surface area contributed by atoms with Crippen molar-refractivity contribution < 1.29 is 17.9 Å². The molecule has 2 aliphatic heterocycles. The summed E-state index contributed by atoms with van der Waals surface area (Å²) in [5.74, 6) is -0.0588. The number of thiazole rings is 1. The van der Waals surface area contributed by atoms with Gasteiger partial charge in [-0.05, 0) is 12.5 Å². The number of fused-ring (bicyclic) bond motifs is 1. The molecule has 6 nitrogen and oxygen atoms in total. The Bertz CT molecular complexity index is 624. The summed E-state index contributed by atoms with van der Waals surface area (Å²) in [7, 11) is -1.70. The van der Waals surface area contributed by atoms with Crippen LogP contribution in [0.25, 0.3) is 0 Å². The second kappa shape index (κ2) is 4.26. The molecule has 0 unspecified atom stereocenters. The van der Waals surface area contributed by atoms with Crippen molar-refractivity contribution in [2.24, 2.45) is 5.92 Å². The molecular weight excluding hydrogens is 288 g/mol. The van der Waals surface area contributed by atoms with Gasteiger partial charge >= 0.3 is 5.97 Å². The van der Waals surface area contributed by atoms with E-state index in [1.54, 1.807) is 0 Å². The molecule has 0 saturated carbocycles. The Morgan fingerprint density at radius 1 is 1.63 bits per heavy atom. The molecule has 2 aliphatic rings. The number of aromatic nitrogens is 1. The molecular formula is C11H14N2O4S2. The molecule has 3 heterocycles. The summed E-state index contributed by atoms with van der Waals surface area (Å²) < 4.78 is 28.4. The molecule has 2 saturated heterocycles. The van der Waals surface area contributed by atoms with Crippen molar-refractivity contribution in [1.29, 1.82) is 0 Å². The van der Waals surface area contributed by atoms with Crippen molar-refractivity contribution in [3.63, 3.8) is 0 Å². The molecule has 0 bridgehead atoms. The Balaban J connectivity index is 2.00. The van der Waals surface area contributed by atoms with Gasteiger partial charge in [-0.2, -0.15) is 0 Å². The maximum atomic E-state index is 11.9. The van der Waals surface area contributed by atoms with Crippen LogP contribution in [-0.2, 0) is 20.0 Å². The maximum Gasteiger partial charge on any atom is 0.349 e. The average molecular weight is 302 g/mol. The molecule has 0 amide bonds. The number of hydrogen-bond acceptors (Lipinski definition) is 7. The molecule has 0 radical (unpaired) electrons. The van der Waals surface area contributed by atoms with Crippen molar-refractivity contribution in [2.45, 2.75) is 5.41 Å². The molecule has 1 aromatic heterocycles. The highest BCUT2D eigenvalue weighted by Crippen LogP contribution is 2.44. The Kier molecular flexibility index (Phi) is 2.91. The lowest BCUT2D eigenvalue weighted by molar-refractivity contribution is 0.0606. The number of rotatable bonds is 2.